The summed E-state index contributed by atoms with van der Waals surface area (Å²) in [5, 5.41) is 12.3. The number of amides is 1. The lowest BCUT2D eigenvalue weighted by Crippen LogP contribution is -2.14. The Labute approximate surface area is 167 Å². The smallest absolute Gasteiger partial charge is 0.397 e. The predicted molar refractivity (Wildman–Crippen MR) is 104 cm³/mol. The van der Waals surface area contributed by atoms with Gasteiger partial charge in [0.1, 0.15) is 27.4 Å². The van der Waals surface area contributed by atoms with E-state index in [1.54, 1.807) is 0 Å². The van der Waals surface area contributed by atoms with E-state index >= 15 is 0 Å². The van der Waals surface area contributed by atoms with Crippen LogP contribution in [0.3, 0.4) is 0 Å². The minimum absolute atomic E-state index is 0.0429. The summed E-state index contributed by atoms with van der Waals surface area (Å²) in [5.41, 5.74) is 12.0. The molecule has 7 nitrogen and oxygen atoms in total. The van der Waals surface area contributed by atoms with Crippen LogP contribution in [0.4, 0.5) is 30.5 Å². The average molecular weight is 420 g/mol. The first-order chi connectivity index (χ1) is 13.5. The van der Waals surface area contributed by atoms with Crippen molar-refractivity contribution in [2.24, 2.45) is 0 Å². The second-order valence-corrected chi connectivity index (χ2v) is 7.46. The number of nitrogens with one attached hydrogen (secondary N) is 1. The third-order valence-electron chi connectivity index (χ3n) is 4.17. The van der Waals surface area contributed by atoms with Gasteiger partial charge in [-0.1, -0.05) is 13.8 Å². The number of fused-ring (bicyclic) bond motifs is 1. The fraction of sp³-hybridized carbons (Fsp3) is 0.222. The Hall–Kier alpha value is -3.39. The number of carbonyl (C=O) groups is 1. The van der Waals surface area contributed by atoms with Crippen molar-refractivity contribution in [3.8, 4) is 6.07 Å². The molecule has 0 aliphatic carbocycles. The second-order valence-electron chi connectivity index (χ2n) is 6.46. The van der Waals surface area contributed by atoms with E-state index in [4.69, 9.17) is 11.5 Å². The van der Waals surface area contributed by atoms with Crippen LogP contribution in [-0.4, -0.2) is 15.9 Å². The Morgan fingerprint density at radius 2 is 2.00 bits per heavy atom. The number of hydrogen-bond donors (Lipinski definition) is 3. The van der Waals surface area contributed by atoms with E-state index in [9.17, 15) is 23.2 Å². The Balaban J connectivity index is 2.02. The van der Waals surface area contributed by atoms with Crippen LogP contribution in [0, 0.1) is 11.3 Å². The van der Waals surface area contributed by atoms with Crippen LogP contribution in [0.1, 0.15) is 46.1 Å². The first kappa shape index (κ1) is 20.3. The van der Waals surface area contributed by atoms with Gasteiger partial charge in [-0.15, -0.1) is 11.3 Å². The highest BCUT2D eigenvalue weighted by Gasteiger charge is 2.31. The molecule has 0 saturated heterocycles. The first-order valence-corrected chi connectivity index (χ1v) is 9.12. The van der Waals surface area contributed by atoms with Gasteiger partial charge in [0.05, 0.1) is 16.8 Å². The predicted octanol–water partition coefficient (Wildman–Crippen LogP) is 4.12. The van der Waals surface area contributed by atoms with Crippen molar-refractivity contribution in [2.45, 2.75) is 25.9 Å². The molecule has 5 N–H and O–H groups in total. The van der Waals surface area contributed by atoms with E-state index < -0.39 is 17.6 Å². The maximum atomic E-state index is 12.6. The fourth-order valence-electron chi connectivity index (χ4n) is 2.87. The van der Waals surface area contributed by atoms with Crippen LogP contribution in [0.15, 0.2) is 18.3 Å². The van der Waals surface area contributed by atoms with Gasteiger partial charge in [-0.2, -0.15) is 18.4 Å². The van der Waals surface area contributed by atoms with Crippen LogP contribution in [-0.2, 0) is 6.18 Å². The number of nitrogens with zero attached hydrogens (tertiary/aromatic N) is 3. The van der Waals surface area contributed by atoms with Crippen LogP contribution in [0.2, 0.25) is 0 Å². The molecule has 0 aromatic carbocycles. The van der Waals surface area contributed by atoms with E-state index in [-0.39, 0.29) is 33.7 Å². The van der Waals surface area contributed by atoms with Crippen LogP contribution in [0.5, 0.6) is 0 Å². The molecular weight excluding hydrogens is 405 g/mol. The monoisotopic (exact) mass is 420 g/mol. The highest BCUT2D eigenvalue weighted by molar-refractivity contribution is 7.21. The molecule has 150 valence electrons. The number of nitriles is 1. The van der Waals surface area contributed by atoms with Crippen LogP contribution in [0.25, 0.3) is 10.2 Å². The van der Waals surface area contributed by atoms with Crippen molar-refractivity contribution < 1.29 is 18.0 Å². The lowest BCUT2D eigenvalue weighted by Gasteiger charge is -2.12. The summed E-state index contributed by atoms with van der Waals surface area (Å²) in [7, 11) is 0. The Bertz CT molecular complexity index is 1150. The number of hydrogen-bond acceptors (Lipinski definition) is 7. The third-order valence-corrected chi connectivity index (χ3v) is 5.27. The van der Waals surface area contributed by atoms with E-state index in [0.717, 1.165) is 23.5 Å². The van der Waals surface area contributed by atoms with Gasteiger partial charge in [-0.3, -0.25) is 4.79 Å². The van der Waals surface area contributed by atoms with E-state index in [0.29, 0.717) is 22.0 Å². The van der Waals surface area contributed by atoms with Crippen LogP contribution >= 0.6 is 11.3 Å². The number of alkyl halides is 3. The molecule has 29 heavy (non-hydrogen) atoms. The molecule has 0 aliphatic heterocycles. The van der Waals surface area contributed by atoms with Gasteiger partial charge in [0.25, 0.3) is 5.91 Å². The van der Waals surface area contributed by atoms with Gasteiger partial charge in [-0.05, 0) is 23.6 Å². The fourth-order valence-corrected chi connectivity index (χ4v) is 3.89. The summed E-state index contributed by atoms with van der Waals surface area (Å²) in [6.07, 6.45) is -3.90. The molecule has 3 heterocycles. The number of rotatable bonds is 3. The van der Waals surface area contributed by atoms with Gasteiger partial charge >= 0.3 is 6.18 Å². The topological polar surface area (TPSA) is 131 Å². The molecule has 0 radical (unpaired) electrons. The van der Waals surface area contributed by atoms with Gasteiger partial charge in [0.15, 0.2) is 0 Å². The lowest BCUT2D eigenvalue weighted by atomic mass is 9.95. The Morgan fingerprint density at radius 3 is 2.52 bits per heavy atom. The normalized spacial score (nSPS) is 11.6. The molecule has 11 heteroatoms. The summed E-state index contributed by atoms with van der Waals surface area (Å²) in [4.78, 5) is 20.9. The van der Waals surface area contributed by atoms with Crippen molar-refractivity contribution in [1.29, 1.82) is 5.26 Å². The number of thiophene rings is 1. The number of halogens is 3. The average Bonchev–Trinajstić information content (AvgIpc) is 2.96. The zero-order chi connectivity index (χ0) is 21.5. The Morgan fingerprint density at radius 1 is 1.31 bits per heavy atom. The largest absolute Gasteiger partial charge is 0.417 e. The number of anilines is 3. The molecule has 0 spiro atoms. The maximum Gasteiger partial charge on any atom is 0.417 e. The van der Waals surface area contributed by atoms with Crippen molar-refractivity contribution in [3.05, 3.63) is 39.9 Å². The van der Waals surface area contributed by atoms with Gasteiger partial charge in [-0.25, -0.2) is 9.97 Å². The Kier molecular flexibility index (Phi) is 5.06. The molecule has 1 amide bonds. The quantitative estimate of drug-likeness (QED) is 0.584. The molecule has 0 fully saturated rings. The molecule has 0 bridgehead atoms. The molecule has 0 atom stereocenters. The van der Waals surface area contributed by atoms with E-state index in [1.165, 1.54) is 0 Å². The third kappa shape index (κ3) is 3.66. The lowest BCUT2D eigenvalue weighted by molar-refractivity contribution is -0.137. The maximum absolute atomic E-state index is 12.6. The molecule has 0 unspecified atom stereocenters. The van der Waals surface area contributed by atoms with Crippen molar-refractivity contribution in [1.82, 2.24) is 9.97 Å². The number of pyridine rings is 2. The number of aromatic nitrogens is 2. The minimum atomic E-state index is -4.53. The van der Waals surface area contributed by atoms with Gasteiger partial charge in [0, 0.05) is 11.6 Å². The summed E-state index contributed by atoms with van der Waals surface area (Å²) < 4.78 is 37.9. The summed E-state index contributed by atoms with van der Waals surface area (Å²) >= 11 is 0.978. The SMILES string of the molecule is CC(C)c1c(C#N)c(N)nc2sc(C(=O)Nc3ccc(C(F)(F)F)cn3)c(N)c12. The van der Waals surface area contributed by atoms with Crippen LogP contribution < -0.4 is 16.8 Å². The van der Waals surface area contributed by atoms with E-state index in [1.807, 2.05) is 19.9 Å². The van der Waals surface area contributed by atoms with Crippen molar-refractivity contribution in [2.75, 3.05) is 16.8 Å². The van der Waals surface area contributed by atoms with Crippen molar-refractivity contribution in [3.63, 3.8) is 0 Å². The van der Waals surface area contributed by atoms with Gasteiger partial charge in [0.2, 0.25) is 0 Å². The molecule has 0 saturated carbocycles. The molecule has 3 rings (SSSR count). The highest BCUT2D eigenvalue weighted by atomic mass is 32.1. The molecule has 3 aromatic rings. The number of nitrogens with two attached hydrogens (primary N) is 2. The first-order valence-electron chi connectivity index (χ1n) is 8.30. The molecular formula is C18H15F3N6OS. The number of nitrogen functional groups attached to an aromatic ring is 2. The summed E-state index contributed by atoms with van der Waals surface area (Å²) in [6, 6.07) is 3.88. The van der Waals surface area contributed by atoms with E-state index in [2.05, 4.69) is 15.3 Å². The van der Waals surface area contributed by atoms with Gasteiger partial charge < -0.3 is 16.8 Å². The minimum Gasteiger partial charge on any atom is -0.397 e. The highest BCUT2D eigenvalue weighted by Crippen LogP contribution is 2.40. The molecule has 0 aliphatic rings. The van der Waals surface area contributed by atoms with Crippen molar-refractivity contribution >= 4 is 44.8 Å². The zero-order valence-electron chi connectivity index (χ0n) is 15.3. The summed E-state index contributed by atoms with van der Waals surface area (Å²) in [6.45, 7) is 3.72. The number of carbonyl (C=O) groups excluding carboxylic acids is 1. The zero-order valence-corrected chi connectivity index (χ0v) is 16.1. The summed E-state index contributed by atoms with van der Waals surface area (Å²) in [5.74, 6) is -0.776. The molecule has 3 aromatic heterocycles. The second kappa shape index (κ2) is 7.21. The standard InChI is InChI=1S/C18H15F3N6OS/c1-7(2)11-9(5-22)15(24)27-17-12(11)13(23)14(29-17)16(28)26-10-4-3-8(6-25-10)18(19,20)21/h3-4,6-7H,23H2,1-2H3,(H2,24,27)(H,25,26,28).